The smallest absolute Gasteiger partial charge is 0.270 e. The lowest BCUT2D eigenvalue weighted by atomic mass is 9.97. The first kappa shape index (κ1) is 18.6. The normalized spacial score (nSPS) is 24.2. The molecule has 0 aromatic carbocycles. The molecule has 7 heteroatoms. The van der Waals surface area contributed by atoms with Crippen molar-refractivity contribution in [1.29, 1.82) is 0 Å². The van der Waals surface area contributed by atoms with Gasteiger partial charge in [0.25, 0.3) is 5.91 Å². The van der Waals surface area contributed by atoms with Gasteiger partial charge in [-0.1, -0.05) is 61.7 Å². The van der Waals surface area contributed by atoms with Gasteiger partial charge in [0.15, 0.2) is 3.79 Å². The van der Waals surface area contributed by atoms with Crippen LogP contribution in [-0.2, 0) is 9.59 Å². The summed E-state index contributed by atoms with van der Waals surface area (Å²) < 4.78 is -1.46. The van der Waals surface area contributed by atoms with E-state index in [1.54, 1.807) is 27.1 Å². The number of hydrogen-bond donors (Lipinski definition) is 0. The number of halogens is 3. The zero-order valence-electron chi connectivity index (χ0n) is 12.9. The second kappa shape index (κ2) is 6.76. The van der Waals surface area contributed by atoms with Crippen LogP contribution in [-0.4, -0.2) is 45.5 Å². The topological polar surface area (TPSA) is 40.6 Å². The molecule has 1 heterocycles. The van der Waals surface area contributed by atoms with Crippen molar-refractivity contribution < 1.29 is 9.59 Å². The highest BCUT2D eigenvalue weighted by molar-refractivity contribution is 6.67. The van der Waals surface area contributed by atoms with Crippen LogP contribution in [0.25, 0.3) is 0 Å². The van der Waals surface area contributed by atoms with E-state index in [1.807, 2.05) is 13.8 Å². The summed E-state index contributed by atoms with van der Waals surface area (Å²) in [5, 5.41) is 0. The van der Waals surface area contributed by atoms with Crippen LogP contribution in [0.1, 0.15) is 27.2 Å². The molecule has 0 aromatic rings. The first-order chi connectivity index (χ1) is 9.46. The van der Waals surface area contributed by atoms with Crippen LogP contribution in [0.15, 0.2) is 11.8 Å². The fourth-order valence-corrected chi connectivity index (χ4v) is 2.47. The van der Waals surface area contributed by atoms with E-state index in [0.717, 1.165) is 0 Å². The molecule has 1 aliphatic rings. The zero-order chi connectivity index (χ0) is 16.5. The molecular formula is C14H21Cl3N2O2. The van der Waals surface area contributed by atoms with Gasteiger partial charge in [0, 0.05) is 20.0 Å². The zero-order valence-corrected chi connectivity index (χ0v) is 15.1. The van der Waals surface area contributed by atoms with Crippen LogP contribution in [0, 0.1) is 11.8 Å². The van der Waals surface area contributed by atoms with E-state index in [9.17, 15) is 9.59 Å². The minimum absolute atomic E-state index is 0.162. The quantitative estimate of drug-likeness (QED) is 0.576. The molecule has 1 aliphatic heterocycles. The van der Waals surface area contributed by atoms with E-state index >= 15 is 0 Å². The Bertz CT molecular complexity index is 458. The second-order valence-corrected chi connectivity index (χ2v) is 8.17. The number of allylic oxidation sites excluding steroid dienone is 1. The second-order valence-electron chi connectivity index (χ2n) is 5.80. The van der Waals surface area contributed by atoms with Gasteiger partial charge in [-0.05, 0) is 12.3 Å². The van der Waals surface area contributed by atoms with Crippen LogP contribution < -0.4 is 0 Å². The van der Waals surface area contributed by atoms with Gasteiger partial charge >= 0.3 is 0 Å². The van der Waals surface area contributed by atoms with Crippen molar-refractivity contribution in [2.45, 2.75) is 37.0 Å². The molecule has 21 heavy (non-hydrogen) atoms. The minimum atomic E-state index is -1.46. The molecule has 0 N–H and O–H groups in total. The monoisotopic (exact) mass is 354 g/mol. The minimum Gasteiger partial charge on any atom is -0.328 e. The maximum atomic E-state index is 12.5. The molecule has 1 rings (SSSR count). The molecule has 1 saturated heterocycles. The van der Waals surface area contributed by atoms with Gasteiger partial charge in [0.05, 0.1) is 0 Å². The number of piperazine rings is 1. The summed E-state index contributed by atoms with van der Waals surface area (Å²) in [6, 6.07) is -0.613. The molecule has 0 aromatic heterocycles. The van der Waals surface area contributed by atoms with E-state index in [1.165, 1.54) is 9.80 Å². The van der Waals surface area contributed by atoms with Crippen LogP contribution >= 0.6 is 34.8 Å². The Labute approximate surface area is 141 Å². The van der Waals surface area contributed by atoms with Crippen molar-refractivity contribution in [3.05, 3.63) is 11.8 Å². The molecule has 0 spiro atoms. The van der Waals surface area contributed by atoms with Crippen molar-refractivity contribution in [2.75, 3.05) is 14.1 Å². The summed E-state index contributed by atoms with van der Waals surface area (Å²) in [7, 11) is 3.21. The van der Waals surface area contributed by atoms with Crippen molar-refractivity contribution in [3.8, 4) is 0 Å². The third-order valence-electron chi connectivity index (χ3n) is 3.61. The lowest BCUT2D eigenvalue weighted by molar-refractivity contribution is -0.149. The molecule has 2 unspecified atom stereocenters. The fourth-order valence-electron chi connectivity index (χ4n) is 2.20. The van der Waals surface area contributed by atoms with Gasteiger partial charge in [-0.25, -0.2) is 0 Å². The van der Waals surface area contributed by atoms with Gasteiger partial charge in [0.1, 0.15) is 11.7 Å². The molecule has 0 saturated carbocycles. The number of carbonyl (C=O) groups is 2. The summed E-state index contributed by atoms with van der Waals surface area (Å²) in [6.07, 6.45) is 2.09. The van der Waals surface area contributed by atoms with E-state index < -0.39 is 9.83 Å². The average molecular weight is 356 g/mol. The largest absolute Gasteiger partial charge is 0.328 e. The summed E-state index contributed by atoms with van der Waals surface area (Å²) in [4.78, 5) is 27.8. The van der Waals surface area contributed by atoms with Gasteiger partial charge in [-0.15, -0.1) is 0 Å². The molecular weight excluding hydrogens is 335 g/mol. The SMILES string of the molecule is CC(C)/C=C1/C(=O)N(C)C(CC(C)C(Cl)(Cl)Cl)C(=O)N1C. The molecule has 2 atom stereocenters. The predicted molar refractivity (Wildman–Crippen MR) is 86.3 cm³/mol. The maximum Gasteiger partial charge on any atom is 0.270 e. The first-order valence-corrected chi connectivity index (χ1v) is 7.93. The highest BCUT2D eigenvalue weighted by Crippen LogP contribution is 2.38. The molecule has 2 amide bonds. The van der Waals surface area contributed by atoms with Crippen molar-refractivity contribution >= 4 is 46.6 Å². The molecule has 0 bridgehead atoms. The predicted octanol–water partition coefficient (Wildman–Crippen LogP) is 3.22. The van der Waals surface area contributed by atoms with Crippen molar-refractivity contribution in [1.82, 2.24) is 9.80 Å². The Hall–Kier alpha value is -0.450. The Morgan fingerprint density at radius 1 is 1.19 bits per heavy atom. The average Bonchev–Trinajstić information content (AvgIpc) is 2.35. The first-order valence-electron chi connectivity index (χ1n) is 6.80. The molecule has 120 valence electrons. The summed E-state index contributed by atoms with van der Waals surface area (Å²) in [6.45, 7) is 5.66. The molecule has 4 nitrogen and oxygen atoms in total. The number of carbonyl (C=O) groups excluding carboxylic acids is 2. The highest BCUT2D eigenvalue weighted by Gasteiger charge is 2.42. The van der Waals surface area contributed by atoms with E-state index in [-0.39, 0.29) is 23.7 Å². The summed E-state index contributed by atoms with van der Waals surface area (Å²) in [5.41, 5.74) is 0.398. The Morgan fingerprint density at radius 2 is 1.71 bits per heavy atom. The van der Waals surface area contributed by atoms with Gasteiger partial charge in [-0.2, -0.15) is 0 Å². The lowest BCUT2D eigenvalue weighted by Gasteiger charge is -2.40. The van der Waals surface area contributed by atoms with Crippen LogP contribution in [0.3, 0.4) is 0 Å². The molecule has 1 fully saturated rings. The maximum absolute atomic E-state index is 12.5. The molecule has 0 aliphatic carbocycles. The van der Waals surface area contributed by atoms with E-state index in [2.05, 4.69) is 0 Å². The Kier molecular flexibility index (Phi) is 5.99. The number of amides is 2. The van der Waals surface area contributed by atoms with Crippen LogP contribution in [0.5, 0.6) is 0 Å². The standard InChI is InChI=1S/C14H21Cl3N2O2/c1-8(2)6-10-12(20)19(5)11(13(21)18(10)4)7-9(3)14(15,16)17/h6,8-9,11H,7H2,1-5H3/b10-6-. The van der Waals surface area contributed by atoms with E-state index in [4.69, 9.17) is 34.8 Å². The number of nitrogens with zero attached hydrogens (tertiary/aromatic N) is 2. The van der Waals surface area contributed by atoms with Gasteiger partial charge in [0.2, 0.25) is 5.91 Å². The number of alkyl halides is 3. The summed E-state index contributed by atoms with van der Waals surface area (Å²) in [5.74, 6) is -0.530. The highest BCUT2D eigenvalue weighted by atomic mass is 35.6. The number of rotatable bonds is 3. The molecule has 0 radical (unpaired) electrons. The van der Waals surface area contributed by atoms with Crippen molar-refractivity contribution in [2.24, 2.45) is 11.8 Å². The van der Waals surface area contributed by atoms with Crippen molar-refractivity contribution in [3.63, 3.8) is 0 Å². The Morgan fingerprint density at radius 3 is 2.14 bits per heavy atom. The third-order valence-corrected chi connectivity index (χ3v) is 4.73. The number of hydrogen-bond acceptors (Lipinski definition) is 2. The Balaban J connectivity index is 3.02. The van der Waals surface area contributed by atoms with E-state index in [0.29, 0.717) is 12.1 Å². The van der Waals surface area contributed by atoms with Crippen LogP contribution in [0.2, 0.25) is 0 Å². The van der Waals surface area contributed by atoms with Crippen LogP contribution in [0.4, 0.5) is 0 Å². The van der Waals surface area contributed by atoms with Gasteiger partial charge in [-0.3, -0.25) is 9.59 Å². The van der Waals surface area contributed by atoms with Gasteiger partial charge < -0.3 is 9.80 Å². The fraction of sp³-hybridized carbons (Fsp3) is 0.714. The number of likely N-dealkylation sites (N-methyl/N-ethyl adjacent to an activating group) is 2. The third kappa shape index (κ3) is 4.27. The lowest BCUT2D eigenvalue weighted by Crippen LogP contribution is -2.56. The summed E-state index contributed by atoms with van der Waals surface area (Å²) >= 11 is 17.6.